The maximum absolute atomic E-state index is 8.76. The molecule has 224 valence electrons. The highest BCUT2D eigenvalue weighted by atomic mass is 16.3. The topological polar surface area (TPSA) is 77.8 Å². The lowest BCUT2D eigenvalue weighted by Crippen LogP contribution is -2.00. The van der Waals surface area contributed by atoms with Crippen molar-refractivity contribution in [2.24, 2.45) is 0 Å². The molecule has 0 aliphatic heterocycles. The van der Waals surface area contributed by atoms with Gasteiger partial charge in [-0.05, 0) is 52.6 Å². The van der Waals surface area contributed by atoms with E-state index in [9.17, 15) is 0 Å². The number of para-hydroxylation sites is 1. The lowest BCUT2D eigenvalue weighted by molar-refractivity contribution is 0.623. The molecule has 0 aliphatic rings. The molecule has 0 spiro atoms. The fraction of sp³-hybridized carbons (Fsp3) is 0. The van der Waals surface area contributed by atoms with E-state index in [1.54, 1.807) is 0 Å². The first-order chi connectivity index (χ1) is 25.8. The first-order valence-electron chi connectivity index (χ1n) is 17.9. The molecule has 6 nitrogen and oxygen atoms in total. The monoisotopic (exact) mass is 621 g/mol. The summed E-state index contributed by atoms with van der Waals surface area (Å²) in [5.74, 6) is 0.856. The molecule has 10 aromatic rings. The summed E-state index contributed by atoms with van der Waals surface area (Å²) in [5.41, 5.74) is 4.44. The molecule has 3 aromatic heterocycles. The highest BCUT2D eigenvalue weighted by Crippen LogP contribution is 2.38. The minimum atomic E-state index is -0.502. The van der Waals surface area contributed by atoms with E-state index in [4.69, 9.17) is 35.6 Å². The molecule has 0 unspecified atom stereocenters. The van der Waals surface area contributed by atoms with Crippen LogP contribution in [0.15, 0.2) is 154 Å². The van der Waals surface area contributed by atoms with E-state index in [2.05, 4.69) is 6.07 Å². The summed E-state index contributed by atoms with van der Waals surface area (Å²) >= 11 is 0. The van der Waals surface area contributed by atoms with Crippen LogP contribution in [0.25, 0.3) is 100 Å². The van der Waals surface area contributed by atoms with Crippen molar-refractivity contribution in [2.75, 3.05) is 0 Å². The Bertz CT molecular complexity index is 3130. The molecule has 6 heteroatoms. The molecule has 0 amide bonds. The second-order valence-electron chi connectivity index (χ2n) is 11.5. The largest absolute Gasteiger partial charge is 0.456 e. The highest BCUT2D eigenvalue weighted by Gasteiger charge is 2.19. The highest BCUT2D eigenvalue weighted by molar-refractivity contribution is 6.11. The van der Waals surface area contributed by atoms with E-state index >= 15 is 0 Å². The van der Waals surface area contributed by atoms with Crippen LogP contribution in [0.3, 0.4) is 0 Å². The summed E-state index contributed by atoms with van der Waals surface area (Å²) in [6.45, 7) is 0. The zero-order valence-electron chi connectivity index (χ0n) is 30.1. The normalized spacial score (nSPS) is 13.2. The third kappa shape index (κ3) is 4.27. The lowest BCUT2D eigenvalue weighted by atomic mass is 10.0. The number of fused-ring (bicyclic) bond motifs is 7. The zero-order valence-corrected chi connectivity index (χ0v) is 25.1. The Balaban J connectivity index is 1.22. The van der Waals surface area contributed by atoms with Gasteiger partial charge < -0.3 is 8.83 Å². The van der Waals surface area contributed by atoms with Gasteiger partial charge in [0.1, 0.15) is 16.7 Å². The Hall–Kier alpha value is -6.66. The number of aromatic nitrogens is 4. The van der Waals surface area contributed by atoms with E-state index in [-0.39, 0.29) is 23.0 Å². The first-order valence-corrected chi connectivity index (χ1v) is 15.4. The van der Waals surface area contributed by atoms with E-state index in [0.29, 0.717) is 39.1 Å². The molecule has 0 atom stereocenters. The second kappa shape index (κ2) is 10.4. The van der Waals surface area contributed by atoms with Gasteiger partial charge in [0.15, 0.2) is 23.1 Å². The standard InChI is InChI=1S/C42H24N4O2/c1-2-10-27(11-3-1)39-44-40(29-19-21-32-31-14-6-7-16-35(31)47-36(32)24-29)46-41(45-39)33-15-8-13-26-20-22-34-38(37(26)33)48-42(43-34)30-18-17-25-9-4-5-12-28(25)23-30/h1-24H/i1D,2D,3D,10D,11D. The van der Waals surface area contributed by atoms with Crippen LogP contribution in [0.4, 0.5) is 0 Å². The van der Waals surface area contributed by atoms with Gasteiger partial charge in [0.25, 0.3) is 0 Å². The summed E-state index contributed by atoms with van der Waals surface area (Å²) in [7, 11) is 0. The second-order valence-corrected chi connectivity index (χ2v) is 11.5. The van der Waals surface area contributed by atoms with E-state index in [1.807, 2.05) is 109 Å². The fourth-order valence-corrected chi connectivity index (χ4v) is 6.35. The molecule has 0 aliphatic carbocycles. The average Bonchev–Trinajstić information content (AvgIpc) is 3.81. The number of hydrogen-bond acceptors (Lipinski definition) is 6. The zero-order chi connectivity index (χ0) is 36.0. The van der Waals surface area contributed by atoms with Gasteiger partial charge in [-0.15, -0.1) is 0 Å². The molecule has 7 aromatic carbocycles. The van der Waals surface area contributed by atoms with Crippen LogP contribution in [-0.4, -0.2) is 19.9 Å². The molecule has 48 heavy (non-hydrogen) atoms. The van der Waals surface area contributed by atoms with Crippen molar-refractivity contribution in [1.29, 1.82) is 0 Å². The lowest BCUT2D eigenvalue weighted by Gasteiger charge is -2.10. The minimum absolute atomic E-state index is 0.0645. The van der Waals surface area contributed by atoms with Crippen LogP contribution in [0.5, 0.6) is 0 Å². The van der Waals surface area contributed by atoms with Gasteiger partial charge in [0, 0.05) is 38.4 Å². The first kappa shape index (κ1) is 22.0. The van der Waals surface area contributed by atoms with Crippen molar-refractivity contribution in [3.05, 3.63) is 145 Å². The third-order valence-corrected chi connectivity index (χ3v) is 8.63. The van der Waals surface area contributed by atoms with E-state index < -0.39 is 30.2 Å². The summed E-state index contributed by atoms with van der Waals surface area (Å²) in [5, 5.41) is 5.64. The summed E-state index contributed by atoms with van der Waals surface area (Å²) in [4.78, 5) is 19.4. The Morgan fingerprint density at radius 2 is 1.21 bits per heavy atom. The van der Waals surface area contributed by atoms with Gasteiger partial charge >= 0.3 is 0 Å². The molecular formula is C42H24N4O2. The molecule has 0 fully saturated rings. The van der Waals surface area contributed by atoms with Gasteiger partial charge in [-0.2, -0.15) is 0 Å². The van der Waals surface area contributed by atoms with Crippen molar-refractivity contribution in [1.82, 2.24) is 19.9 Å². The number of benzene rings is 7. The summed E-state index contributed by atoms with van der Waals surface area (Å²) in [6.07, 6.45) is 0. The van der Waals surface area contributed by atoms with Crippen molar-refractivity contribution < 1.29 is 15.7 Å². The number of oxazole rings is 1. The maximum atomic E-state index is 8.76. The molecular weight excluding hydrogens is 592 g/mol. The van der Waals surface area contributed by atoms with Crippen LogP contribution in [0, 0.1) is 0 Å². The quantitative estimate of drug-likeness (QED) is 0.195. The number of nitrogens with zero attached hydrogens (tertiary/aromatic N) is 4. The van der Waals surface area contributed by atoms with E-state index in [1.165, 1.54) is 0 Å². The van der Waals surface area contributed by atoms with Crippen molar-refractivity contribution in [2.45, 2.75) is 0 Å². The number of hydrogen-bond donors (Lipinski definition) is 0. The van der Waals surface area contributed by atoms with Crippen LogP contribution >= 0.6 is 0 Å². The van der Waals surface area contributed by atoms with Crippen LogP contribution in [-0.2, 0) is 0 Å². The third-order valence-electron chi connectivity index (χ3n) is 8.63. The Morgan fingerprint density at radius 1 is 0.479 bits per heavy atom. The maximum Gasteiger partial charge on any atom is 0.227 e. The van der Waals surface area contributed by atoms with Gasteiger partial charge in [-0.25, -0.2) is 19.9 Å². The van der Waals surface area contributed by atoms with Crippen LogP contribution < -0.4 is 0 Å². The SMILES string of the molecule is [2H]c1c([2H])c([2H])c(-c2nc(-c3ccc4c(c3)oc3ccccc34)nc(-c3cccc4ccc5nc(-c6ccc7ccccc7c6)oc5c34)n2)c([2H])c1[2H]. The van der Waals surface area contributed by atoms with E-state index in [0.717, 1.165) is 38.1 Å². The molecule has 0 N–H and O–H groups in total. The van der Waals surface area contributed by atoms with Gasteiger partial charge in [0.2, 0.25) is 5.89 Å². The summed E-state index contributed by atoms with van der Waals surface area (Å²) in [6, 6.07) is 34.9. The summed E-state index contributed by atoms with van der Waals surface area (Å²) < 4.78 is 55.1. The Morgan fingerprint density at radius 3 is 2.12 bits per heavy atom. The van der Waals surface area contributed by atoms with Crippen molar-refractivity contribution >= 4 is 54.6 Å². The van der Waals surface area contributed by atoms with Crippen LogP contribution in [0.2, 0.25) is 0 Å². The predicted octanol–water partition coefficient (Wildman–Crippen LogP) is 10.9. The van der Waals surface area contributed by atoms with Crippen molar-refractivity contribution in [3.63, 3.8) is 0 Å². The predicted molar refractivity (Wildman–Crippen MR) is 191 cm³/mol. The van der Waals surface area contributed by atoms with Gasteiger partial charge in [-0.1, -0.05) is 109 Å². The minimum Gasteiger partial charge on any atom is -0.456 e. The number of furan rings is 1. The molecule has 0 bridgehead atoms. The molecule has 10 rings (SSSR count). The van der Waals surface area contributed by atoms with Crippen molar-refractivity contribution in [3.8, 4) is 45.6 Å². The fourth-order valence-electron chi connectivity index (χ4n) is 6.35. The van der Waals surface area contributed by atoms with Crippen LogP contribution in [0.1, 0.15) is 6.85 Å². The smallest absolute Gasteiger partial charge is 0.227 e. The van der Waals surface area contributed by atoms with Gasteiger partial charge in [0.05, 0.1) is 6.85 Å². The Kier molecular flexibility index (Phi) is 4.78. The van der Waals surface area contributed by atoms with Gasteiger partial charge in [-0.3, -0.25) is 0 Å². The Labute approximate surface area is 281 Å². The number of rotatable bonds is 4. The average molecular weight is 622 g/mol. The molecule has 3 heterocycles. The molecule has 0 saturated carbocycles. The molecule has 0 radical (unpaired) electrons. The molecule has 0 saturated heterocycles.